The summed E-state index contributed by atoms with van der Waals surface area (Å²) in [5, 5.41) is 4.08. The number of nitrogens with zero attached hydrogens (tertiary/aromatic N) is 4. The standard InChI is InChI=1S/C28H12N4S4/c1-5-13-21-17(9-1)29-26(33-21)14-6-2-11-19-23(14)35-28(31-19)16-8-4-12-20-24(16)36-27(32-20)15-7-3-10-18-22(15)34-25(13)30-18/h1-12H. The number of benzene rings is 4. The molecular weight excluding hydrogens is 521 g/mol. The fourth-order valence-corrected chi connectivity index (χ4v) is 9.63. The summed E-state index contributed by atoms with van der Waals surface area (Å²) < 4.78 is 4.68. The first kappa shape index (κ1) is 19.6. The van der Waals surface area contributed by atoms with Crippen LogP contribution in [0.15, 0.2) is 72.8 Å². The summed E-state index contributed by atoms with van der Waals surface area (Å²) in [6.45, 7) is 0. The Morgan fingerprint density at radius 1 is 0.333 bits per heavy atom. The maximum absolute atomic E-state index is 5.07. The van der Waals surface area contributed by atoms with E-state index in [-0.39, 0.29) is 0 Å². The van der Waals surface area contributed by atoms with Crippen molar-refractivity contribution in [2.75, 3.05) is 0 Å². The van der Waals surface area contributed by atoms with Gasteiger partial charge in [-0.3, -0.25) is 0 Å². The Kier molecular flexibility index (Phi) is 3.82. The lowest BCUT2D eigenvalue weighted by Gasteiger charge is -1.98. The van der Waals surface area contributed by atoms with Crippen LogP contribution in [0.1, 0.15) is 0 Å². The van der Waals surface area contributed by atoms with Gasteiger partial charge in [-0.15, -0.1) is 45.3 Å². The van der Waals surface area contributed by atoms with Gasteiger partial charge in [0.2, 0.25) is 0 Å². The van der Waals surface area contributed by atoms with Crippen molar-refractivity contribution < 1.29 is 0 Å². The molecule has 0 saturated carbocycles. The molecule has 36 heavy (non-hydrogen) atoms. The lowest BCUT2D eigenvalue weighted by atomic mass is 10.2. The molecule has 8 aromatic rings. The molecule has 0 atom stereocenters. The van der Waals surface area contributed by atoms with Crippen LogP contribution >= 0.6 is 45.3 Å². The van der Waals surface area contributed by atoms with Gasteiger partial charge in [-0.2, -0.15) is 0 Å². The van der Waals surface area contributed by atoms with Crippen molar-refractivity contribution in [2.24, 2.45) is 0 Å². The topological polar surface area (TPSA) is 51.6 Å². The highest BCUT2D eigenvalue weighted by Crippen LogP contribution is 2.47. The third-order valence-corrected chi connectivity index (χ3v) is 11.1. The molecule has 0 unspecified atom stereocenters. The van der Waals surface area contributed by atoms with Gasteiger partial charge in [0.05, 0.1) is 40.9 Å². The maximum Gasteiger partial charge on any atom is 0.126 e. The highest BCUT2D eigenvalue weighted by Gasteiger charge is 2.21. The third-order valence-electron chi connectivity index (χ3n) is 6.58. The first-order valence-electron chi connectivity index (χ1n) is 11.4. The lowest BCUT2D eigenvalue weighted by Crippen LogP contribution is -1.78. The maximum atomic E-state index is 5.07. The average Bonchev–Trinajstić information content (AvgIpc) is 3.69. The van der Waals surface area contributed by atoms with Gasteiger partial charge in [0.25, 0.3) is 0 Å². The van der Waals surface area contributed by atoms with Crippen LogP contribution in [0.25, 0.3) is 83.2 Å². The second-order valence-corrected chi connectivity index (χ2v) is 12.7. The van der Waals surface area contributed by atoms with Crippen LogP contribution in [0.5, 0.6) is 0 Å². The normalized spacial score (nSPS) is 12.4. The molecule has 0 radical (unpaired) electrons. The molecule has 9 rings (SSSR count). The quantitative estimate of drug-likeness (QED) is 0.195. The predicted octanol–water partition coefficient (Wildman–Crippen LogP) is 9.11. The molecule has 0 aliphatic carbocycles. The summed E-state index contributed by atoms with van der Waals surface area (Å²) in [6.07, 6.45) is 0. The van der Waals surface area contributed by atoms with Gasteiger partial charge in [-0.05, 0) is 24.3 Å². The molecule has 1 aliphatic heterocycles. The molecule has 0 N–H and O–H groups in total. The second kappa shape index (κ2) is 7.02. The van der Waals surface area contributed by atoms with Gasteiger partial charge in [0, 0.05) is 22.3 Å². The Balaban J connectivity index is 1.48. The summed E-state index contributed by atoms with van der Waals surface area (Å²) in [5.41, 5.74) is 8.58. The molecule has 0 fully saturated rings. The number of thiazole rings is 4. The zero-order valence-corrected chi connectivity index (χ0v) is 21.6. The first-order valence-corrected chi connectivity index (χ1v) is 14.7. The van der Waals surface area contributed by atoms with Crippen molar-refractivity contribution in [1.29, 1.82) is 0 Å². The van der Waals surface area contributed by atoms with Crippen molar-refractivity contribution in [1.82, 2.24) is 19.9 Å². The van der Waals surface area contributed by atoms with E-state index in [1.807, 2.05) is 0 Å². The number of aromatic nitrogens is 4. The van der Waals surface area contributed by atoms with E-state index < -0.39 is 0 Å². The van der Waals surface area contributed by atoms with Gasteiger partial charge in [0.15, 0.2) is 0 Å². The average molecular weight is 533 g/mol. The molecule has 1 aliphatic rings. The van der Waals surface area contributed by atoms with Crippen LogP contribution in [0.3, 0.4) is 0 Å². The highest BCUT2D eigenvalue weighted by atomic mass is 32.1. The molecule has 0 saturated heterocycles. The summed E-state index contributed by atoms with van der Waals surface area (Å²) in [4.78, 5) is 20.3. The highest BCUT2D eigenvalue weighted by molar-refractivity contribution is 7.27. The van der Waals surface area contributed by atoms with E-state index >= 15 is 0 Å². The summed E-state index contributed by atoms with van der Waals surface area (Å²) in [5.74, 6) is 0. The molecular formula is C28H12N4S4. The zero-order chi connectivity index (χ0) is 23.4. The van der Waals surface area contributed by atoms with Gasteiger partial charge in [-0.1, -0.05) is 48.5 Å². The van der Waals surface area contributed by atoms with E-state index in [0.29, 0.717) is 0 Å². The van der Waals surface area contributed by atoms with Crippen LogP contribution in [-0.4, -0.2) is 19.9 Å². The number of hydrogen-bond acceptors (Lipinski definition) is 8. The van der Waals surface area contributed by atoms with E-state index in [1.165, 1.54) is 18.8 Å². The zero-order valence-electron chi connectivity index (χ0n) is 18.4. The van der Waals surface area contributed by atoms with E-state index in [4.69, 9.17) is 19.9 Å². The van der Waals surface area contributed by atoms with Crippen LogP contribution in [0.2, 0.25) is 0 Å². The van der Waals surface area contributed by atoms with Gasteiger partial charge in [-0.25, -0.2) is 19.9 Å². The number of rotatable bonds is 0. The number of hydrogen-bond donors (Lipinski definition) is 0. The molecule has 0 amide bonds. The van der Waals surface area contributed by atoms with E-state index in [2.05, 4.69) is 72.8 Å². The largest absolute Gasteiger partial charge is 0.236 e. The van der Waals surface area contributed by atoms with Crippen LogP contribution < -0.4 is 0 Å². The van der Waals surface area contributed by atoms with Crippen molar-refractivity contribution in [3.8, 4) is 42.3 Å². The lowest BCUT2D eigenvalue weighted by molar-refractivity contribution is 1.46. The first-order chi connectivity index (χ1) is 17.8. The minimum Gasteiger partial charge on any atom is -0.236 e. The minimum atomic E-state index is 1.01. The molecule has 168 valence electrons. The smallest absolute Gasteiger partial charge is 0.126 e. The molecule has 4 aromatic heterocycles. The molecule has 4 nitrogen and oxygen atoms in total. The summed E-state index contributed by atoms with van der Waals surface area (Å²) >= 11 is 6.96. The molecule has 4 aromatic carbocycles. The van der Waals surface area contributed by atoms with Gasteiger partial charge in [0.1, 0.15) is 20.0 Å². The Morgan fingerprint density at radius 3 is 0.833 bits per heavy atom. The van der Waals surface area contributed by atoms with Gasteiger partial charge < -0.3 is 0 Å². The molecule has 8 heteroatoms. The Bertz CT molecular complexity index is 1870. The third kappa shape index (κ3) is 2.62. The second-order valence-electron chi connectivity index (χ2n) is 8.69. The van der Waals surface area contributed by atoms with E-state index in [1.54, 1.807) is 45.3 Å². The van der Waals surface area contributed by atoms with Crippen LogP contribution in [-0.2, 0) is 0 Å². The Labute approximate surface area is 220 Å². The van der Waals surface area contributed by atoms with Crippen molar-refractivity contribution in [3.05, 3.63) is 72.8 Å². The monoisotopic (exact) mass is 532 g/mol. The predicted molar refractivity (Wildman–Crippen MR) is 154 cm³/mol. The van der Waals surface area contributed by atoms with E-state index in [9.17, 15) is 0 Å². The van der Waals surface area contributed by atoms with Crippen molar-refractivity contribution >= 4 is 86.2 Å². The summed E-state index contributed by atoms with van der Waals surface area (Å²) in [6, 6.07) is 25.4. The summed E-state index contributed by atoms with van der Waals surface area (Å²) in [7, 11) is 0. The van der Waals surface area contributed by atoms with Crippen molar-refractivity contribution in [3.63, 3.8) is 0 Å². The molecule has 0 spiro atoms. The van der Waals surface area contributed by atoms with Crippen molar-refractivity contribution in [2.45, 2.75) is 0 Å². The fraction of sp³-hybridized carbons (Fsp3) is 0. The Hall–Kier alpha value is -3.56. The van der Waals surface area contributed by atoms with Gasteiger partial charge >= 0.3 is 0 Å². The fourth-order valence-electron chi connectivity index (χ4n) is 4.93. The van der Waals surface area contributed by atoms with Crippen LogP contribution in [0.4, 0.5) is 0 Å². The molecule has 5 heterocycles. The SMILES string of the molecule is c1cc2c3sc(nc3c1)-c1cccc3nc(sc13)-c1cccc3nc(sc13)-c1cccc3nc-2sc13. The number of fused-ring (bicyclic) bond motifs is 8. The van der Waals surface area contributed by atoms with Crippen LogP contribution in [0, 0.1) is 0 Å². The minimum absolute atomic E-state index is 1.01. The Morgan fingerprint density at radius 2 is 0.583 bits per heavy atom. The van der Waals surface area contributed by atoms with E-state index in [0.717, 1.165) is 64.4 Å². The molecule has 8 bridgehead atoms.